The van der Waals surface area contributed by atoms with Gasteiger partial charge in [-0.2, -0.15) is 0 Å². The highest BCUT2D eigenvalue weighted by Gasteiger charge is 2.18. The number of hydrogen-bond donors (Lipinski definition) is 2. The zero-order chi connectivity index (χ0) is 14.4. The fourth-order valence-electron chi connectivity index (χ4n) is 2.60. The molecule has 1 aromatic rings. The third-order valence-corrected chi connectivity index (χ3v) is 3.50. The molecule has 1 amide bonds. The molecule has 2 rings (SSSR count). The molecule has 0 saturated carbocycles. The van der Waals surface area contributed by atoms with Gasteiger partial charge in [0.15, 0.2) is 0 Å². The molecule has 2 N–H and O–H groups in total. The normalized spacial score (nSPS) is 16.9. The number of hydrogen-bond acceptors (Lipinski definition) is 4. The van der Waals surface area contributed by atoms with E-state index in [1.165, 1.54) is 12.8 Å². The molecule has 5 heteroatoms. The summed E-state index contributed by atoms with van der Waals surface area (Å²) in [5.41, 5.74) is 0.614. The van der Waals surface area contributed by atoms with Crippen molar-refractivity contribution in [2.45, 2.75) is 32.7 Å². The number of aromatic nitrogens is 1. The van der Waals surface area contributed by atoms with Crippen molar-refractivity contribution in [3.05, 3.63) is 23.9 Å². The van der Waals surface area contributed by atoms with Gasteiger partial charge in [-0.05, 0) is 51.9 Å². The fourth-order valence-corrected chi connectivity index (χ4v) is 2.60. The van der Waals surface area contributed by atoms with E-state index >= 15 is 0 Å². The highest BCUT2D eigenvalue weighted by atomic mass is 16.1. The van der Waals surface area contributed by atoms with Crippen molar-refractivity contribution < 1.29 is 4.79 Å². The Kier molecular flexibility index (Phi) is 5.35. The average Bonchev–Trinajstić information content (AvgIpc) is 2.92. The summed E-state index contributed by atoms with van der Waals surface area (Å²) in [6.45, 7) is 8.01. The van der Waals surface area contributed by atoms with E-state index in [4.69, 9.17) is 0 Å². The third-order valence-electron chi connectivity index (χ3n) is 3.50. The molecule has 110 valence electrons. The van der Waals surface area contributed by atoms with Crippen LogP contribution in [0.15, 0.2) is 18.3 Å². The number of carbonyl (C=O) groups is 1. The molecule has 20 heavy (non-hydrogen) atoms. The second kappa shape index (κ2) is 7.24. The van der Waals surface area contributed by atoms with Crippen LogP contribution in [0.4, 0.5) is 5.82 Å². The quantitative estimate of drug-likeness (QED) is 0.831. The first-order valence-corrected chi connectivity index (χ1v) is 7.42. The third kappa shape index (κ3) is 3.93. The summed E-state index contributed by atoms with van der Waals surface area (Å²) in [6.07, 6.45) is 4.24. The van der Waals surface area contributed by atoms with Gasteiger partial charge >= 0.3 is 0 Å². The van der Waals surface area contributed by atoms with Crippen LogP contribution in [0.25, 0.3) is 0 Å². The Bertz CT molecular complexity index is 443. The Labute approximate surface area is 120 Å². The number of rotatable bonds is 6. The maximum Gasteiger partial charge on any atom is 0.255 e. The largest absolute Gasteiger partial charge is 0.370 e. The molecule has 0 aliphatic carbocycles. The predicted octanol–water partition coefficient (Wildman–Crippen LogP) is 1.73. The summed E-state index contributed by atoms with van der Waals surface area (Å²) in [4.78, 5) is 18.9. The smallest absolute Gasteiger partial charge is 0.255 e. The molecule has 2 heterocycles. The molecule has 0 radical (unpaired) electrons. The lowest BCUT2D eigenvalue weighted by atomic mass is 10.2. The van der Waals surface area contributed by atoms with Gasteiger partial charge in [0.25, 0.3) is 5.91 Å². The first-order valence-electron chi connectivity index (χ1n) is 7.42. The second-order valence-electron chi connectivity index (χ2n) is 5.31. The highest BCUT2D eigenvalue weighted by molar-refractivity contribution is 5.98. The van der Waals surface area contributed by atoms with Crippen LogP contribution < -0.4 is 10.6 Å². The van der Waals surface area contributed by atoms with Crippen LogP contribution in [-0.4, -0.2) is 48.0 Å². The monoisotopic (exact) mass is 276 g/mol. The van der Waals surface area contributed by atoms with Crippen LogP contribution in [0.2, 0.25) is 0 Å². The van der Waals surface area contributed by atoms with E-state index in [0.717, 1.165) is 26.2 Å². The van der Waals surface area contributed by atoms with Gasteiger partial charge in [-0.25, -0.2) is 4.98 Å². The molecule has 0 spiro atoms. The van der Waals surface area contributed by atoms with E-state index in [2.05, 4.69) is 27.4 Å². The van der Waals surface area contributed by atoms with Crippen LogP contribution in [0, 0.1) is 0 Å². The number of carbonyl (C=O) groups excluding carboxylic acids is 1. The summed E-state index contributed by atoms with van der Waals surface area (Å²) in [5, 5.41) is 6.18. The van der Waals surface area contributed by atoms with Gasteiger partial charge in [-0.3, -0.25) is 4.79 Å². The fraction of sp³-hybridized carbons (Fsp3) is 0.600. The standard InChI is InChI=1S/C15H24N4O/c1-3-16-14-13(7-6-8-17-14)15(20)18-12(2)11-19-9-4-5-10-19/h6-8,12H,3-5,9-11H2,1-2H3,(H,16,17)(H,18,20). The Morgan fingerprint density at radius 2 is 2.20 bits per heavy atom. The van der Waals surface area contributed by atoms with Crippen molar-refractivity contribution in [2.75, 3.05) is 31.5 Å². The van der Waals surface area contributed by atoms with Gasteiger partial charge in [0.1, 0.15) is 5.82 Å². The number of likely N-dealkylation sites (tertiary alicyclic amines) is 1. The van der Waals surface area contributed by atoms with E-state index in [1.807, 2.05) is 13.0 Å². The zero-order valence-electron chi connectivity index (χ0n) is 12.4. The summed E-state index contributed by atoms with van der Waals surface area (Å²) >= 11 is 0. The summed E-state index contributed by atoms with van der Waals surface area (Å²) in [6, 6.07) is 3.75. The van der Waals surface area contributed by atoms with Crippen molar-refractivity contribution in [1.82, 2.24) is 15.2 Å². The Morgan fingerprint density at radius 1 is 1.45 bits per heavy atom. The maximum atomic E-state index is 12.3. The lowest BCUT2D eigenvalue weighted by Crippen LogP contribution is -2.41. The second-order valence-corrected chi connectivity index (χ2v) is 5.31. The topological polar surface area (TPSA) is 57.3 Å². The molecular weight excluding hydrogens is 252 g/mol. The first kappa shape index (κ1) is 14.8. The first-order chi connectivity index (χ1) is 9.70. The van der Waals surface area contributed by atoms with E-state index in [0.29, 0.717) is 11.4 Å². The average molecular weight is 276 g/mol. The Morgan fingerprint density at radius 3 is 2.90 bits per heavy atom. The van der Waals surface area contributed by atoms with Crippen LogP contribution >= 0.6 is 0 Å². The van der Waals surface area contributed by atoms with Gasteiger partial charge in [-0.15, -0.1) is 0 Å². The van der Waals surface area contributed by atoms with Crippen LogP contribution in [-0.2, 0) is 0 Å². The molecule has 1 saturated heterocycles. The van der Waals surface area contributed by atoms with Crippen molar-refractivity contribution in [2.24, 2.45) is 0 Å². The maximum absolute atomic E-state index is 12.3. The summed E-state index contributed by atoms with van der Waals surface area (Å²) in [7, 11) is 0. The molecule has 1 atom stereocenters. The Balaban J connectivity index is 1.93. The lowest BCUT2D eigenvalue weighted by molar-refractivity contribution is 0.0932. The van der Waals surface area contributed by atoms with E-state index < -0.39 is 0 Å². The molecule has 1 aliphatic heterocycles. The molecule has 1 aliphatic rings. The van der Waals surface area contributed by atoms with E-state index in [-0.39, 0.29) is 11.9 Å². The van der Waals surface area contributed by atoms with Crippen molar-refractivity contribution >= 4 is 11.7 Å². The number of nitrogens with one attached hydrogen (secondary N) is 2. The minimum absolute atomic E-state index is 0.0549. The number of pyridine rings is 1. The van der Waals surface area contributed by atoms with Gasteiger partial charge in [0.2, 0.25) is 0 Å². The molecule has 1 fully saturated rings. The minimum Gasteiger partial charge on any atom is -0.370 e. The Hall–Kier alpha value is -1.62. The molecule has 5 nitrogen and oxygen atoms in total. The molecule has 0 aromatic carbocycles. The SMILES string of the molecule is CCNc1ncccc1C(=O)NC(C)CN1CCCC1. The highest BCUT2D eigenvalue weighted by Crippen LogP contribution is 2.12. The van der Waals surface area contributed by atoms with Gasteiger partial charge in [-0.1, -0.05) is 0 Å². The van der Waals surface area contributed by atoms with Crippen molar-refractivity contribution in [1.29, 1.82) is 0 Å². The molecule has 1 aromatic heterocycles. The lowest BCUT2D eigenvalue weighted by Gasteiger charge is -2.21. The van der Waals surface area contributed by atoms with Crippen molar-refractivity contribution in [3.63, 3.8) is 0 Å². The molecule has 0 bridgehead atoms. The number of anilines is 1. The summed E-state index contributed by atoms with van der Waals surface area (Å²) < 4.78 is 0. The van der Waals surface area contributed by atoms with Gasteiger partial charge in [0, 0.05) is 25.3 Å². The minimum atomic E-state index is -0.0549. The van der Waals surface area contributed by atoms with E-state index in [9.17, 15) is 4.79 Å². The van der Waals surface area contributed by atoms with E-state index in [1.54, 1.807) is 12.3 Å². The number of amides is 1. The van der Waals surface area contributed by atoms with Gasteiger partial charge < -0.3 is 15.5 Å². The number of nitrogens with zero attached hydrogens (tertiary/aromatic N) is 2. The molecular formula is C15H24N4O. The van der Waals surface area contributed by atoms with Crippen LogP contribution in [0.1, 0.15) is 37.0 Å². The summed E-state index contributed by atoms with van der Waals surface area (Å²) in [5.74, 6) is 0.599. The zero-order valence-corrected chi connectivity index (χ0v) is 12.4. The van der Waals surface area contributed by atoms with Gasteiger partial charge in [0.05, 0.1) is 5.56 Å². The predicted molar refractivity (Wildman–Crippen MR) is 81.0 cm³/mol. The van der Waals surface area contributed by atoms with Crippen molar-refractivity contribution in [3.8, 4) is 0 Å². The van der Waals surface area contributed by atoms with Crippen LogP contribution in [0.5, 0.6) is 0 Å². The van der Waals surface area contributed by atoms with Crippen LogP contribution in [0.3, 0.4) is 0 Å². The molecule has 1 unspecified atom stereocenters.